The minimum absolute atomic E-state index is 0.359. The molecule has 0 aromatic heterocycles. The Labute approximate surface area is 112 Å². The molecule has 0 spiro atoms. The molecule has 0 heterocycles. The minimum atomic E-state index is 0.359. The largest absolute Gasteiger partial charge is 0.391 e. The van der Waals surface area contributed by atoms with Crippen LogP contribution in [0.5, 0.6) is 0 Å². The standard InChI is InChI=1S/C16H14N2O/c1-13-5-7-14(8-6-13)11-18-19-12-16-4-2-3-15(9-16)10-17/h2-9,11H,12H2,1H3. The second-order valence-corrected chi connectivity index (χ2v) is 4.23. The Morgan fingerprint density at radius 1 is 1.21 bits per heavy atom. The van der Waals surface area contributed by atoms with Crippen molar-refractivity contribution in [3.63, 3.8) is 0 Å². The summed E-state index contributed by atoms with van der Waals surface area (Å²) in [6.07, 6.45) is 1.67. The summed E-state index contributed by atoms with van der Waals surface area (Å²) in [4.78, 5) is 5.21. The third-order valence-corrected chi connectivity index (χ3v) is 2.64. The highest BCUT2D eigenvalue weighted by Gasteiger charge is 1.95. The molecule has 3 nitrogen and oxygen atoms in total. The molecule has 0 amide bonds. The van der Waals surface area contributed by atoms with Crippen molar-refractivity contribution in [2.24, 2.45) is 5.16 Å². The summed E-state index contributed by atoms with van der Waals surface area (Å²) in [5, 5.41) is 12.7. The predicted molar refractivity (Wildman–Crippen MR) is 74.7 cm³/mol. The Balaban J connectivity index is 1.89. The zero-order chi connectivity index (χ0) is 13.5. The van der Waals surface area contributed by atoms with Crippen molar-refractivity contribution in [3.8, 4) is 6.07 Å². The first-order valence-corrected chi connectivity index (χ1v) is 5.99. The molecule has 0 radical (unpaired) electrons. The molecule has 0 fully saturated rings. The maximum atomic E-state index is 8.78. The van der Waals surface area contributed by atoms with Gasteiger partial charge in [0.05, 0.1) is 17.8 Å². The van der Waals surface area contributed by atoms with Crippen molar-refractivity contribution >= 4 is 6.21 Å². The van der Waals surface area contributed by atoms with Crippen molar-refractivity contribution in [1.82, 2.24) is 0 Å². The Bertz CT molecular complexity index is 609. The van der Waals surface area contributed by atoms with Gasteiger partial charge in [0.15, 0.2) is 0 Å². The van der Waals surface area contributed by atoms with Gasteiger partial charge in [-0.05, 0) is 30.2 Å². The Hall–Kier alpha value is -2.60. The number of aryl methyl sites for hydroxylation is 1. The molecular weight excluding hydrogens is 236 g/mol. The van der Waals surface area contributed by atoms with Crippen molar-refractivity contribution in [2.45, 2.75) is 13.5 Å². The number of hydrogen-bond donors (Lipinski definition) is 0. The first-order chi connectivity index (χ1) is 9.28. The second kappa shape index (κ2) is 6.36. The molecule has 0 aliphatic carbocycles. The summed E-state index contributed by atoms with van der Waals surface area (Å²) in [5.41, 5.74) is 3.77. The van der Waals surface area contributed by atoms with Gasteiger partial charge in [-0.2, -0.15) is 5.26 Å². The Kier molecular flexibility index (Phi) is 4.30. The van der Waals surface area contributed by atoms with Gasteiger partial charge in [-0.25, -0.2) is 0 Å². The summed E-state index contributed by atoms with van der Waals surface area (Å²) >= 11 is 0. The topological polar surface area (TPSA) is 45.4 Å². The first kappa shape index (κ1) is 12.8. The summed E-state index contributed by atoms with van der Waals surface area (Å²) < 4.78 is 0. The molecule has 0 aliphatic rings. The number of nitriles is 1. The van der Waals surface area contributed by atoms with Crippen LogP contribution < -0.4 is 0 Å². The first-order valence-electron chi connectivity index (χ1n) is 5.99. The number of rotatable bonds is 4. The monoisotopic (exact) mass is 250 g/mol. The maximum absolute atomic E-state index is 8.78. The van der Waals surface area contributed by atoms with Gasteiger partial charge in [0, 0.05) is 0 Å². The van der Waals surface area contributed by atoms with Gasteiger partial charge in [0.1, 0.15) is 6.61 Å². The van der Waals surface area contributed by atoms with E-state index in [1.165, 1.54) is 5.56 Å². The summed E-state index contributed by atoms with van der Waals surface area (Å²) in [5.74, 6) is 0. The fraction of sp³-hybridized carbons (Fsp3) is 0.125. The number of benzene rings is 2. The molecule has 0 N–H and O–H groups in total. The van der Waals surface area contributed by atoms with E-state index in [9.17, 15) is 0 Å². The van der Waals surface area contributed by atoms with Crippen LogP contribution in [0.25, 0.3) is 0 Å². The molecule has 0 bridgehead atoms. The molecule has 0 saturated heterocycles. The zero-order valence-electron chi connectivity index (χ0n) is 10.7. The molecule has 3 heteroatoms. The van der Waals surface area contributed by atoms with E-state index >= 15 is 0 Å². The molecule has 0 saturated carbocycles. The molecule has 19 heavy (non-hydrogen) atoms. The predicted octanol–water partition coefficient (Wildman–Crippen LogP) is 3.42. The highest BCUT2D eigenvalue weighted by Crippen LogP contribution is 2.06. The molecule has 0 aliphatic heterocycles. The third-order valence-electron chi connectivity index (χ3n) is 2.64. The van der Waals surface area contributed by atoms with Gasteiger partial charge in [-0.15, -0.1) is 0 Å². The van der Waals surface area contributed by atoms with Crippen LogP contribution in [-0.2, 0) is 11.4 Å². The highest BCUT2D eigenvalue weighted by atomic mass is 16.6. The van der Waals surface area contributed by atoms with Gasteiger partial charge in [0.25, 0.3) is 0 Å². The lowest BCUT2D eigenvalue weighted by atomic mass is 10.1. The van der Waals surface area contributed by atoms with Gasteiger partial charge >= 0.3 is 0 Å². The molecule has 0 unspecified atom stereocenters. The van der Waals surface area contributed by atoms with Crippen LogP contribution in [0.15, 0.2) is 53.7 Å². The Morgan fingerprint density at radius 2 is 2.00 bits per heavy atom. The van der Waals surface area contributed by atoms with E-state index in [0.29, 0.717) is 12.2 Å². The summed E-state index contributed by atoms with van der Waals surface area (Å²) in [7, 11) is 0. The molecule has 2 rings (SSSR count). The number of nitrogens with zero attached hydrogens (tertiary/aromatic N) is 2. The lowest BCUT2D eigenvalue weighted by molar-refractivity contribution is 0.132. The minimum Gasteiger partial charge on any atom is -0.391 e. The molecule has 2 aromatic carbocycles. The van der Waals surface area contributed by atoms with Gasteiger partial charge < -0.3 is 4.84 Å². The van der Waals surface area contributed by atoms with Crippen molar-refractivity contribution in [1.29, 1.82) is 5.26 Å². The van der Waals surface area contributed by atoms with Gasteiger partial charge in [-0.3, -0.25) is 0 Å². The van der Waals surface area contributed by atoms with Crippen LogP contribution in [0.2, 0.25) is 0 Å². The number of oxime groups is 1. The van der Waals surface area contributed by atoms with Crippen LogP contribution in [0, 0.1) is 18.3 Å². The summed E-state index contributed by atoms with van der Waals surface area (Å²) in [6.45, 7) is 2.40. The zero-order valence-corrected chi connectivity index (χ0v) is 10.7. The van der Waals surface area contributed by atoms with Crippen LogP contribution in [-0.4, -0.2) is 6.21 Å². The van der Waals surface area contributed by atoms with Crippen molar-refractivity contribution in [2.75, 3.05) is 0 Å². The van der Waals surface area contributed by atoms with E-state index in [4.69, 9.17) is 10.1 Å². The molecule has 94 valence electrons. The molecule has 2 aromatic rings. The molecule has 0 atom stereocenters. The lowest BCUT2D eigenvalue weighted by Crippen LogP contribution is -1.89. The van der Waals surface area contributed by atoms with E-state index in [-0.39, 0.29) is 0 Å². The maximum Gasteiger partial charge on any atom is 0.142 e. The normalized spacial score (nSPS) is 10.3. The fourth-order valence-corrected chi connectivity index (χ4v) is 1.59. The van der Waals surface area contributed by atoms with Gasteiger partial charge in [0.2, 0.25) is 0 Å². The SMILES string of the molecule is Cc1ccc(C=NOCc2cccc(C#N)c2)cc1. The van der Waals surface area contributed by atoms with E-state index in [1.54, 1.807) is 18.3 Å². The average Bonchev–Trinajstić information content (AvgIpc) is 2.46. The third kappa shape index (κ3) is 3.97. The quantitative estimate of drug-likeness (QED) is 0.616. The highest BCUT2D eigenvalue weighted by molar-refractivity contribution is 5.79. The van der Waals surface area contributed by atoms with E-state index in [0.717, 1.165) is 11.1 Å². The van der Waals surface area contributed by atoms with Crippen LogP contribution >= 0.6 is 0 Å². The Morgan fingerprint density at radius 3 is 2.74 bits per heavy atom. The van der Waals surface area contributed by atoms with Crippen LogP contribution in [0.1, 0.15) is 22.3 Å². The summed E-state index contributed by atoms with van der Waals surface area (Å²) in [6, 6.07) is 17.4. The number of hydrogen-bond acceptors (Lipinski definition) is 3. The van der Waals surface area contributed by atoms with E-state index in [2.05, 4.69) is 11.2 Å². The van der Waals surface area contributed by atoms with E-state index in [1.807, 2.05) is 43.3 Å². The fourth-order valence-electron chi connectivity index (χ4n) is 1.59. The van der Waals surface area contributed by atoms with Crippen LogP contribution in [0.4, 0.5) is 0 Å². The average molecular weight is 250 g/mol. The molecular formula is C16H14N2O. The van der Waals surface area contributed by atoms with Crippen molar-refractivity contribution < 1.29 is 4.84 Å². The van der Waals surface area contributed by atoms with E-state index < -0.39 is 0 Å². The smallest absolute Gasteiger partial charge is 0.142 e. The lowest BCUT2D eigenvalue weighted by Gasteiger charge is -2.00. The second-order valence-electron chi connectivity index (χ2n) is 4.23. The van der Waals surface area contributed by atoms with Crippen molar-refractivity contribution in [3.05, 3.63) is 70.8 Å². The van der Waals surface area contributed by atoms with Gasteiger partial charge in [-0.1, -0.05) is 47.1 Å². The van der Waals surface area contributed by atoms with Crippen LogP contribution in [0.3, 0.4) is 0 Å².